The van der Waals surface area contributed by atoms with Gasteiger partial charge in [-0.25, -0.2) is 9.97 Å². The molecule has 19 heavy (non-hydrogen) atoms. The van der Waals surface area contributed by atoms with Crippen LogP contribution in [0, 0.1) is 0 Å². The molecule has 0 amide bonds. The Morgan fingerprint density at radius 3 is 2.84 bits per heavy atom. The molecule has 0 aliphatic heterocycles. The molecule has 98 valence electrons. The molecule has 2 rings (SSSR count). The Hall–Kier alpha value is -1.88. The van der Waals surface area contributed by atoms with Crippen LogP contribution in [0.2, 0.25) is 0 Å². The van der Waals surface area contributed by atoms with Crippen molar-refractivity contribution in [3.05, 3.63) is 47.2 Å². The molecule has 1 heterocycles. The number of benzene rings is 1. The van der Waals surface area contributed by atoms with Gasteiger partial charge in [-0.1, -0.05) is 22.5 Å². The minimum atomic E-state index is 0.511. The van der Waals surface area contributed by atoms with Gasteiger partial charge in [0.15, 0.2) is 0 Å². The Bertz CT molecular complexity index is 613. The molecule has 0 fully saturated rings. The maximum Gasteiger partial charge on any atom is 0.227 e. The average Bonchev–Trinajstić information content (AvgIpc) is 2.39. The van der Waals surface area contributed by atoms with Crippen LogP contribution in [0.1, 0.15) is 12.6 Å². The average molecular weight is 320 g/mol. The van der Waals surface area contributed by atoms with E-state index in [1.54, 1.807) is 13.3 Å². The van der Waals surface area contributed by atoms with Crippen molar-refractivity contribution >= 4 is 33.1 Å². The Balaban J connectivity index is 2.33. The number of hydrogen-bond acceptors (Lipinski definition) is 4. The number of hydrogen-bond donors (Lipinski definition) is 1. The number of aromatic nitrogens is 2. The fourth-order valence-corrected chi connectivity index (χ4v) is 1.92. The summed E-state index contributed by atoms with van der Waals surface area (Å²) < 4.78 is 6.24. The van der Waals surface area contributed by atoms with E-state index in [0.717, 1.165) is 27.2 Å². The summed E-state index contributed by atoms with van der Waals surface area (Å²) in [7, 11) is 1.62. The number of nitrogens with zero attached hydrogens (tertiary/aromatic N) is 2. The molecule has 1 aromatic heterocycles. The van der Waals surface area contributed by atoms with Crippen LogP contribution < -0.4 is 10.1 Å². The van der Waals surface area contributed by atoms with Crippen molar-refractivity contribution in [2.24, 2.45) is 0 Å². The van der Waals surface area contributed by atoms with Crippen LogP contribution in [-0.2, 0) is 0 Å². The van der Waals surface area contributed by atoms with Crippen LogP contribution in [0.3, 0.4) is 0 Å². The van der Waals surface area contributed by atoms with Crippen LogP contribution in [0.5, 0.6) is 5.75 Å². The quantitative estimate of drug-likeness (QED) is 0.924. The molecule has 0 radical (unpaired) electrons. The third kappa shape index (κ3) is 3.32. The zero-order valence-electron chi connectivity index (χ0n) is 10.8. The van der Waals surface area contributed by atoms with E-state index in [2.05, 4.69) is 37.8 Å². The first-order chi connectivity index (χ1) is 9.10. The fourth-order valence-electron chi connectivity index (χ4n) is 1.55. The summed E-state index contributed by atoms with van der Waals surface area (Å²) in [6.45, 7) is 5.78. The largest absolute Gasteiger partial charge is 0.495 e. The summed E-state index contributed by atoms with van der Waals surface area (Å²) >= 11 is 3.43. The maximum absolute atomic E-state index is 5.29. The highest BCUT2D eigenvalue weighted by Gasteiger charge is 2.06. The summed E-state index contributed by atoms with van der Waals surface area (Å²) in [6.07, 6.45) is 1.70. The van der Waals surface area contributed by atoms with Crippen molar-refractivity contribution in [2.45, 2.75) is 6.92 Å². The lowest BCUT2D eigenvalue weighted by Crippen LogP contribution is -2.00. The zero-order chi connectivity index (χ0) is 13.8. The third-order valence-corrected chi connectivity index (χ3v) is 2.99. The molecule has 1 aromatic carbocycles. The maximum atomic E-state index is 5.29. The van der Waals surface area contributed by atoms with Gasteiger partial charge in [0.2, 0.25) is 5.95 Å². The van der Waals surface area contributed by atoms with Gasteiger partial charge in [0, 0.05) is 10.7 Å². The summed E-state index contributed by atoms with van der Waals surface area (Å²) in [4.78, 5) is 8.57. The van der Waals surface area contributed by atoms with E-state index in [4.69, 9.17) is 4.74 Å². The number of methoxy groups -OCH3 is 1. The molecule has 0 saturated heterocycles. The van der Waals surface area contributed by atoms with E-state index in [1.165, 1.54) is 0 Å². The van der Waals surface area contributed by atoms with Crippen LogP contribution in [0.15, 0.2) is 41.5 Å². The van der Waals surface area contributed by atoms with Gasteiger partial charge in [-0.05, 0) is 36.8 Å². The van der Waals surface area contributed by atoms with Crippen molar-refractivity contribution in [2.75, 3.05) is 12.4 Å². The van der Waals surface area contributed by atoms with Gasteiger partial charge in [-0.2, -0.15) is 0 Å². The van der Waals surface area contributed by atoms with Gasteiger partial charge in [0.25, 0.3) is 0 Å². The molecule has 4 nitrogen and oxygen atoms in total. The van der Waals surface area contributed by atoms with Crippen molar-refractivity contribution in [3.63, 3.8) is 0 Å². The lowest BCUT2D eigenvalue weighted by atomic mass is 10.2. The predicted octanol–water partition coefficient (Wildman–Crippen LogP) is 4.02. The van der Waals surface area contributed by atoms with E-state index in [-0.39, 0.29) is 0 Å². The third-order valence-electron chi connectivity index (χ3n) is 2.50. The number of allylic oxidation sites excluding steroid dienone is 1. The molecule has 5 heteroatoms. The standard InChI is InChI=1S/C14H14BrN3O/c1-9(2)11-6-7-16-14(17-11)18-12-8-10(15)4-5-13(12)19-3/h4-8H,1H2,2-3H3,(H,16,17,18). The summed E-state index contributed by atoms with van der Waals surface area (Å²) in [5, 5.41) is 3.14. The number of ether oxygens (including phenoxy) is 1. The molecule has 0 aliphatic rings. The molecule has 0 aliphatic carbocycles. The van der Waals surface area contributed by atoms with Crippen molar-refractivity contribution < 1.29 is 4.74 Å². The molecule has 0 atom stereocenters. The second kappa shape index (κ2) is 5.84. The molecule has 0 unspecified atom stereocenters. The van der Waals surface area contributed by atoms with Crippen LogP contribution in [0.4, 0.5) is 11.6 Å². The van der Waals surface area contributed by atoms with Gasteiger partial charge < -0.3 is 10.1 Å². The zero-order valence-corrected chi connectivity index (χ0v) is 12.4. The van der Waals surface area contributed by atoms with E-state index in [9.17, 15) is 0 Å². The van der Waals surface area contributed by atoms with Gasteiger partial charge in [-0.15, -0.1) is 0 Å². The van der Waals surface area contributed by atoms with Gasteiger partial charge in [0.1, 0.15) is 5.75 Å². The summed E-state index contributed by atoms with van der Waals surface area (Å²) in [5.74, 6) is 1.24. The van der Waals surface area contributed by atoms with Crippen LogP contribution >= 0.6 is 15.9 Å². The van der Waals surface area contributed by atoms with Crippen molar-refractivity contribution in [3.8, 4) is 5.75 Å². The highest BCUT2D eigenvalue weighted by atomic mass is 79.9. The second-order valence-corrected chi connectivity index (χ2v) is 4.93. The van der Waals surface area contributed by atoms with Crippen molar-refractivity contribution in [1.29, 1.82) is 0 Å². The topological polar surface area (TPSA) is 47.0 Å². The lowest BCUT2D eigenvalue weighted by molar-refractivity contribution is 0.416. The van der Waals surface area contributed by atoms with E-state index in [1.807, 2.05) is 31.2 Å². The Morgan fingerprint density at radius 2 is 2.16 bits per heavy atom. The van der Waals surface area contributed by atoms with Crippen molar-refractivity contribution in [1.82, 2.24) is 9.97 Å². The molecule has 1 N–H and O–H groups in total. The van der Waals surface area contributed by atoms with Gasteiger partial charge in [-0.3, -0.25) is 0 Å². The number of rotatable bonds is 4. The van der Waals surface area contributed by atoms with E-state index >= 15 is 0 Å². The van der Waals surface area contributed by atoms with E-state index < -0.39 is 0 Å². The Labute approximate surface area is 120 Å². The monoisotopic (exact) mass is 319 g/mol. The lowest BCUT2D eigenvalue weighted by Gasteiger charge is -2.11. The Morgan fingerprint density at radius 1 is 1.37 bits per heavy atom. The summed E-state index contributed by atoms with van der Waals surface area (Å²) in [6, 6.07) is 7.52. The summed E-state index contributed by atoms with van der Waals surface area (Å²) in [5.41, 5.74) is 2.51. The SMILES string of the molecule is C=C(C)c1ccnc(Nc2cc(Br)ccc2OC)n1. The number of nitrogens with one attached hydrogen (secondary N) is 1. The van der Waals surface area contributed by atoms with Gasteiger partial charge >= 0.3 is 0 Å². The first-order valence-corrected chi connectivity index (χ1v) is 6.49. The smallest absolute Gasteiger partial charge is 0.227 e. The molecule has 2 aromatic rings. The number of anilines is 2. The minimum absolute atomic E-state index is 0.511. The molecule has 0 saturated carbocycles. The Kier molecular flexibility index (Phi) is 4.16. The predicted molar refractivity (Wildman–Crippen MR) is 80.7 cm³/mol. The fraction of sp³-hybridized carbons (Fsp3) is 0.143. The normalized spacial score (nSPS) is 10.1. The van der Waals surface area contributed by atoms with Gasteiger partial charge in [0.05, 0.1) is 18.5 Å². The molecule has 0 bridgehead atoms. The first-order valence-electron chi connectivity index (χ1n) is 5.69. The first kappa shape index (κ1) is 13.5. The molecular weight excluding hydrogens is 306 g/mol. The number of halogens is 1. The minimum Gasteiger partial charge on any atom is -0.495 e. The molecule has 0 spiro atoms. The molecular formula is C14H14BrN3O. The van der Waals surface area contributed by atoms with Crippen LogP contribution in [0.25, 0.3) is 5.57 Å². The second-order valence-electron chi connectivity index (χ2n) is 4.02. The highest BCUT2D eigenvalue weighted by Crippen LogP contribution is 2.29. The van der Waals surface area contributed by atoms with E-state index in [0.29, 0.717) is 5.95 Å². The van der Waals surface area contributed by atoms with Crippen LogP contribution in [-0.4, -0.2) is 17.1 Å². The highest BCUT2D eigenvalue weighted by molar-refractivity contribution is 9.10.